The number of hydrogen-bond acceptors (Lipinski definition) is 1. The molecule has 1 heterocycles. The molecule has 0 N–H and O–H groups in total. The van der Waals surface area contributed by atoms with Crippen LogP contribution in [0.25, 0.3) is 0 Å². The standard InChI is InChI=1S/C11H22BrN/c1-11(2,3)10(8-12)9-13-6-4-5-7-13/h10H,4-9H2,1-3H3. The van der Waals surface area contributed by atoms with Gasteiger partial charge in [-0.1, -0.05) is 36.7 Å². The molecule has 0 aromatic heterocycles. The fraction of sp³-hybridized carbons (Fsp3) is 1.00. The Morgan fingerprint density at radius 3 is 2.15 bits per heavy atom. The van der Waals surface area contributed by atoms with E-state index in [1.54, 1.807) is 0 Å². The maximum atomic E-state index is 3.63. The predicted molar refractivity (Wildman–Crippen MR) is 62.4 cm³/mol. The van der Waals surface area contributed by atoms with Crippen LogP contribution in [0.3, 0.4) is 0 Å². The summed E-state index contributed by atoms with van der Waals surface area (Å²) in [5.41, 5.74) is 0.437. The zero-order chi connectivity index (χ0) is 9.90. The third kappa shape index (κ3) is 3.59. The van der Waals surface area contributed by atoms with Gasteiger partial charge in [0, 0.05) is 11.9 Å². The third-order valence-corrected chi connectivity index (χ3v) is 3.87. The van der Waals surface area contributed by atoms with E-state index in [0.29, 0.717) is 5.41 Å². The summed E-state index contributed by atoms with van der Waals surface area (Å²) in [6, 6.07) is 0. The van der Waals surface area contributed by atoms with Gasteiger partial charge in [0.1, 0.15) is 0 Å². The van der Waals surface area contributed by atoms with Gasteiger partial charge in [-0.05, 0) is 37.3 Å². The van der Waals surface area contributed by atoms with Gasteiger partial charge < -0.3 is 4.90 Å². The Labute approximate surface area is 91.0 Å². The molecule has 78 valence electrons. The van der Waals surface area contributed by atoms with Gasteiger partial charge >= 0.3 is 0 Å². The first-order valence-electron chi connectivity index (χ1n) is 5.32. The van der Waals surface area contributed by atoms with E-state index in [-0.39, 0.29) is 0 Å². The molecule has 0 aliphatic carbocycles. The van der Waals surface area contributed by atoms with Gasteiger partial charge in [0.25, 0.3) is 0 Å². The summed E-state index contributed by atoms with van der Waals surface area (Å²) in [4.78, 5) is 2.61. The zero-order valence-electron chi connectivity index (χ0n) is 9.15. The Kier molecular flexibility index (Phi) is 4.24. The monoisotopic (exact) mass is 247 g/mol. The van der Waals surface area contributed by atoms with Crippen molar-refractivity contribution in [1.82, 2.24) is 4.90 Å². The molecule has 0 bridgehead atoms. The quantitative estimate of drug-likeness (QED) is 0.693. The van der Waals surface area contributed by atoms with Crippen molar-refractivity contribution in [2.45, 2.75) is 33.6 Å². The van der Waals surface area contributed by atoms with E-state index >= 15 is 0 Å². The van der Waals surface area contributed by atoms with Crippen LogP contribution in [0.15, 0.2) is 0 Å². The Morgan fingerprint density at radius 2 is 1.77 bits per heavy atom. The second kappa shape index (κ2) is 4.79. The van der Waals surface area contributed by atoms with E-state index in [1.807, 2.05) is 0 Å². The average Bonchev–Trinajstić information content (AvgIpc) is 2.49. The minimum absolute atomic E-state index is 0.437. The van der Waals surface area contributed by atoms with E-state index in [0.717, 1.165) is 11.2 Å². The van der Waals surface area contributed by atoms with E-state index in [2.05, 4.69) is 41.6 Å². The summed E-state index contributed by atoms with van der Waals surface area (Å²) in [5, 5.41) is 1.13. The molecule has 2 heteroatoms. The third-order valence-electron chi connectivity index (χ3n) is 3.09. The fourth-order valence-corrected chi connectivity index (χ4v) is 3.01. The first-order chi connectivity index (χ1) is 6.04. The smallest absolute Gasteiger partial charge is 0.00768 e. The van der Waals surface area contributed by atoms with Gasteiger partial charge in [0.15, 0.2) is 0 Å². The van der Waals surface area contributed by atoms with Crippen LogP contribution < -0.4 is 0 Å². The molecule has 0 aromatic rings. The molecule has 1 fully saturated rings. The molecule has 1 aliphatic rings. The van der Waals surface area contributed by atoms with Crippen LogP contribution in [0.4, 0.5) is 0 Å². The summed E-state index contributed by atoms with van der Waals surface area (Å²) >= 11 is 3.63. The molecule has 0 spiro atoms. The number of halogens is 1. The molecule has 0 amide bonds. The predicted octanol–water partition coefficient (Wildman–Crippen LogP) is 3.14. The first-order valence-corrected chi connectivity index (χ1v) is 6.44. The van der Waals surface area contributed by atoms with Crippen molar-refractivity contribution in [2.75, 3.05) is 25.0 Å². The van der Waals surface area contributed by atoms with Gasteiger partial charge in [0.2, 0.25) is 0 Å². The number of rotatable bonds is 3. The van der Waals surface area contributed by atoms with Crippen molar-refractivity contribution in [3.8, 4) is 0 Å². The highest BCUT2D eigenvalue weighted by Crippen LogP contribution is 2.29. The second-order valence-electron chi connectivity index (χ2n) is 5.22. The van der Waals surface area contributed by atoms with Gasteiger partial charge in [-0.2, -0.15) is 0 Å². The van der Waals surface area contributed by atoms with Crippen LogP contribution in [0.1, 0.15) is 33.6 Å². The first kappa shape index (κ1) is 11.5. The molecular formula is C11H22BrN. The molecule has 1 nitrogen and oxygen atoms in total. The molecule has 0 saturated carbocycles. The van der Waals surface area contributed by atoms with Crippen molar-refractivity contribution in [3.05, 3.63) is 0 Å². The Hall–Kier alpha value is 0.440. The van der Waals surface area contributed by atoms with Crippen molar-refractivity contribution in [2.24, 2.45) is 11.3 Å². The SMILES string of the molecule is CC(C)(C)C(CBr)CN1CCCC1. The average molecular weight is 248 g/mol. The van der Waals surface area contributed by atoms with Crippen LogP contribution in [0, 0.1) is 11.3 Å². The van der Waals surface area contributed by atoms with E-state index in [9.17, 15) is 0 Å². The minimum Gasteiger partial charge on any atom is -0.303 e. The maximum Gasteiger partial charge on any atom is 0.00768 e. The van der Waals surface area contributed by atoms with E-state index < -0.39 is 0 Å². The number of likely N-dealkylation sites (tertiary alicyclic amines) is 1. The van der Waals surface area contributed by atoms with Crippen LogP contribution >= 0.6 is 15.9 Å². The lowest BCUT2D eigenvalue weighted by molar-refractivity contribution is 0.187. The Bertz CT molecular complexity index is 145. The van der Waals surface area contributed by atoms with Gasteiger partial charge in [-0.3, -0.25) is 0 Å². The van der Waals surface area contributed by atoms with Gasteiger partial charge in [-0.25, -0.2) is 0 Å². The van der Waals surface area contributed by atoms with Gasteiger partial charge in [-0.15, -0.1) is 0 Å². The second-order valence-corrected chi connectivity index (χ2v) is 5.87. The van der Waals surface area contributed by atoms with E-state index in [4.69, 9.17) is 0 Å². The number of alkyl halides is 1. The van der Waals surface area contributed by atoms with Crippen molar-refractivity contribution in [3.63, 3.8) is 0 Å². The molecule has 1 saturated heterocycles. The summed E-state index contributed by atoms with van der Waals surface area (Å²) < 4.78 is 0. The van der Waals surface area contributed by atoms with Crippen molar-refractivity contribution in [1.29, 1.82) is 0 Å². The fourth-order valence-electron chi connectivity index (χ4n) is 1.83. The zero-order valence-corrected chi connectivity index (χ0v) is 10.7. The van der Waals surface area contributed by atoms with Crippen LogP contribution in [-0.4, -0.2) is 29.9 Å². The lowest BCUT2D eigenvalue weighted by Gasteiger charge is -2.32. The molecule has 1 unspecified atom stereocenters. The summed E-state index contributed by atoms with van der Waals surface area (Å²) in [6.07, 6.45) is 2.80. The molecule has 1 atom stereocenters. The highest BCUT2D eigenvalue weighted by atomic mass is 79.9. The molecule has 0 aromatic carbocycles. The molecule has 1 aliphatic heterocycles. The number of hydrogen-bond donors (Lipinski definition) is 0. The highest BCUT2D eigenvalue weighted by Gasteiger charge is 2.26. The van der Waals surface area contributed by atoms with Gasteiger partial charge in [0.05, 0.1) is 0 Å². The maximum absolute atomic E-state index is 3.63. The molecule has 1 rings (SSSR count). The van der Waals surface area contributed by atoms with Crippen LogP contribution in [0.2, 0.25) is 0 Å². The lowest BCUT2D eigenvalue weighted by atomic mass is 9.82. The lowest BCUT2D eigenvalue weighted by Crippen LogP contribution is -2.34. The molecule has 13 heavy (non-hydrogen) atoms. The number of nitrogens with zero attached hydrogens (tertiary/aromatic N) is 1. The van der Waals surface area contributed by atoms with Crippen molar-refractivity contribution >= 4 is 15.9 Å². The summed E-state index contributed by atoms with van der Waals surface area (Å²) in [5.74, 6) is 0.783. The Balaban J connectivity index is 2.39. The minimum atomic E-state index is 0.437. The topological polar surface area (TPSA) is 3.24 Å². The summed E-state index contributed by atoms with van der Waals surface area (Å²) in [7, 11) is 0. The van der Waals surface area contributed by atoms with Crippen LogP contribution in [-0.2, 0) is 0 Å². The molecular weight excluding hydrogens is 226 g/mol. The van der Waals surface area contributed by atoms with Crippen molar-refractivity contribution < 1.29 is 0 Å². The summed E-state index contributed by atoms with van der Waals surface area (Å²) in [6.45, 7) is 10.9. The normalized spacial score (nSPS) is 22.2. The highest BCUT2D eigenvalue weighted by molar-refractivity contribution is 9.09. The Morgan fingerprint density at radius 1 is 1.23 bits per heavy atom. The largest absolute Gasteiger partial charge is 0.303 e. The van der Waals surface area contributed by atoms with Crippen LogP contribution in [0.5, 0.6) is 0 Å². The van der Waals surface area contributed by atoms with E-state index in [1.165, 1.54) is 32.5 Å². The molecule has 0 radical (unpaired) electrons.